The van der Waals surface area contributed by atoms with Gasteiger partial charge in [0.25, 0.3) is 0 Å². The molecule has 0 radical (unpaired) electrons. The number of hydrogen-bond donors (Lipinski definition) is 0. The van der Waals surface area contributed by atoms with Crippen molar-refractivity contribution in [2.75, 3.05) is 9.80 Å². The van der Waals surface area contributed by atoms with Crippen LogP contribution < -0.4 is 9.80 Å². The van der Waals surface area contributed by atoms with Gasteiger partial charge < -0.3 is 18.6 Å². The van der Waals surface area contributed by atoms with E-state index in [1.165, 1.54) is 44.5 Å². The standard InChI is InChI=1S/C69H42N2O2/c1-5-21-44(22-6-1)70(45-23-7-2-8-24-45)60-42-59-64(66-52(60)38-37-51-50-31-15-19-35-62(50)72-67(51)66)55-41-54-43(39-58(55)69(59)56-33-17-13-29-48(56)49-30-14-18-34-57(49)69)40-61(65-53-32-16-20-36-63(53)73-68(54)65)71(46-25-9-3-10-26-46)47-27-11-4-12-28-47/h1-42H. The lowest BCUT2D eigenvalue weighted by Gasteiger charge is -2.33. The van der Waals surface area contributed by atoms with Crippen LogP contribution in [0.15, 0.2) is 264 Å². The van der Waals surface area contributed by atoms with Gasteiger partial charge in [-0.25, -0.2) is 0 Å². The predicted octanol–water partition coefficient (Wildman–Crippen LogP) is 19.1. The Hall–Kier alpha value is -9.64. The Kier molecular flexibility index (Phi) is 8.35. The van der Waals surface area contributed by atoms with Crippen LogP contribution in [-0.4, -0.2) is 0 Å². The number of hydrogen-bond acceptors (Lipinski definition) is 4. The molecule has 0 aliphatic heterocycles. The van der Waals surface area contributed by atoms with Gasteiger partial charge in [0, 0.05) is 55.1 Å². The van der Waals surface area contributed by atoms with Crippen LogP contribution in [0, 0.1) is 0 Å². The minimum atomic E-state index is -0.718. The topological polar surface area (TPSA) is 32.8 Å². The van der Waals surface area contributed by atoms with Crippen LogP contribution in [-0.2, 0) is 5.41 Å². The van der Waals surface area contributed by atoms with Gasteiger partial charge >= 0.3 is 0 Å². The van der Waals surface area contributed by atoms with Gasteiger partial charge in [-0.15, -0.1) is 0 Å². The van der Waals surface area contributed by atoms with Crippen LogP contribution in [0.3, 0.4) is 0 Å². The van der Waals surface area contributed by atoms with Gasteiger partial charge in [0.15, 0.2) is 0 Å². The third kappa shape index (κ3) is 5.49. The van der Waals surface area contributed by atoms with E-state index in [9.17, 15) is 0 Å². The summed E-state index contributed by atoms with van der Waals surface area (Å²) in [7, 11) is 0. The lowest BCUT2D eigenvalue weighted by molar-refractivity contribution is 0.672. The number of fused-ring (bicyclic) bond motifs is 21. The molecule has 73 heavy (non-hydrogen) atoms. The number of furan rings is 2. The zero-order valence-corrected chi connectivity index (χ0v) is 39.5. The van der Waals surface area contributed by atoms with Crippen LogP contribution in [0.25, 0.3) is 87.7 Å². The van der Waals surface area contributed by atoms with Crippen molar-refractivity contribution >= 4 is 99.5 Å². The molecule has 340 valence electrons. The summed E-state index contributed by atoms with van der Waals surface area (Å²) in [4.78, 5) is 4.82. The van der Waals surface area contributed by atoms with Crippen molar-refractivity contribution in [1.82, 2.24) is 0 Å². The monoisotopic (exact) mass is 930 g/mol. The SMILES string of the molecule is c1ccc(N(c2ccccc2)c2cc3c(c4c2ccc2c5ccccc5oc24)-c2cc4c(cc2C32c3ccccc3-c3ccccc32)cc(N(c2ccccc2)c2ccccc2)c2c3ccccc3oc42)cc1. The van der Waals surface area contributed by atoms with Crippen molar-refractivity contribution < 1.29 is 8.83 Å². The summed E-state index contributed by atoms with van der Waals surface area (Å²) < 4.78 is 14.4. The maximum Gasteiger partial charge on any atom is 0.145 e. The van der Waals surface area contributed by atoms with Crippen LogP contribution in [0.4, 0.5) is 34.1 Å². The quantitative estimate of drug-likeness (QED) is 0.166. The van der Waals surface area contributed by atoms with Crippen molar-refractivity contribution in [3.05, 3.63) is 277 Å². The Morgan fingerprint density at radius 1 is 0.288 bits per heavy atom. The van der Waals surface area contributed by atoms with E-state index >= 15 is 0 Å². The Balaban J connectivity index is 1.12. The van der Waals surface area contributed by atoms with E-state index in [4.69, 9.17) is 8.83 Å². The molecule has 2 heterocycles. The third-order valence-electron chi connectivity index (χ3n) is 15.8. The number of rotatable bonds is 6. The molecule has 0 N–H and O–H groups in total. The Morgan fingerprint density at radius 2 is 0.753 bits per heavy atom. The second-order valence-corrected chi connectivity index (χ2v) is 19.5. The minimum absolute atomic E-state index is 0.718. The molecule has 0 saturated carbocycles. The molecule has 0 fully saturated rings. The molecule has 2 aromatic heterocycles. The molecule has 2 aliphatic rings. The van der Waals surface area contributed by atoms with Crippen LogP contribution >= 0.6 is 0 Å². The van der Waals surface area contributed by atoms with Gasteiger partial charge in [-0.05, 0) is 141 Å². The van der Waals surface area contributed by atoms with Crippen LogP contribution in [0.5, 0.6) is 0 Å². The molecular weight excluding hydrogens is 889 g/mol. The van der Waals surface area contributed by atoms with E-state index in [1.807, 2.05) is 0 Å². The van der Waals surface area contributed by atoms with Crippen LogP contribution in [0.1, 0.15) is 22.3 Å². The average Bonchev–Trinajstić information content (AvgIpc) is 4.20. The second kappa shape index (κ2) is 15.2. The third-order valence-corrected chi connectivity index (χ3v) is 15.8. The molecule has 16 rings (SSSR count). The van der Waals surface area contributed by atoms with Gasteiger partial charge in [-0.1, -0.05) is 164 Å². The summed E-state index contributed by atoms with van der Waals surface area (Å²) in [6.45, 7) is 0. The van der Waals surface area contributed by atoms with Gasteiger partial charge in [0.2, 0.25) is 0 Å². The first-order valence-electron chi connectivity index (χ1n) is 25.1. The van der Waals surface area contributed by atoms with E-state index in [1.54, 1.807) is 0 Å². The summed E-state index contributed by atoms with van der Waals surface area (Å²) in [6.07, 6.45) is 0. The Bertz CT molecular complexity index is 4430. The maximum atomic E-state index is 7.22. The van der Waals surface area contributed by atoms with Gasteiger partial charge in [0.05, 0.1) is 22.2 Å². The minimum Gasteiger partial charge on any atom is -0.455 e. The van der Waals surface area contributed by atoms with E-state index in [0.29, 0.717) is 0 Å². The van der Waals surface area contributed by atoms with Gasteiger partial charge in [-0.3, -0.25) is 0 Å². The fourth-order valence-corrected chi connectivity index (χ4v) is 12.9. The number of nitrogens with zero attached hydrogens (tertiary/aromatic N) is 2. The zero-order valence-electron chi connectivity index (χ0n) is 39.5. The van der Waals surface area contributed by atoms with Crippen molar-refractivity contribution in [1.29, 1.82) is 0 Å². The summed E-state index contributed by atoms with van der Waals surface area (Å²) >= 11 is 0. The van der Waals surface area contributed by atoms with E-state index in [2.05, 4.69) is 265 Å². The molecule has 0 unspecified atom stereocenters. The lowest BCUT2D eigenvalue weighted by Crippen LogP contribution is -2.26. The smallest absolute Gasteiger partial charge is 0.145 e. The van der Waals surface area contributed by atoms with Crippen molar-refractivity contribution in [3.8, 4) is 22.3 Å². The van der Waals surface area contributed by atoms with Gasteiger partial charge in [-0.2, -0.15) is 0 Å². The first kappa shape index (κ1) is 40.1. The molecule has 4 heteroatoms. The van der Waals surface area contributed by atoms with Crippen molar-refractivity contribution in [2.45, 2.75) is 5.41 Å². The normalized spacial score (nSPS) is 13.0. The maximum absolute atomic E-state index is 7.22. The van der Waals surface area contributed by atoms with Gasteiger partial charge in [0.1, 0.15) is 22.3 Å². The molecule has 0 bridgehead atoms. The Morgan fingerprint density at radius 3 is 1.34 bits per heavy atom. The molecular formula is C69H42N2O2. The van der Waals surface area contributed by atoms with E-state index in [-0.39, 0.29) is 0 Å². The van der Waals surface area contributed by atoms with E-state index in [0.717, 1.165) is 99.5 Å². The fraction of sp³-hybridized carbons (Fsp3) is 0.0145. The highest BCUT2D eigenvalue weighted by atomic mass is 16.3. The average molecular weight is 931 g/mol. The first-order valence-corrected chi connectivity index (χ1v) is 25.1. The highest BCUT2D eigenvalue weighted by Crippen LogP contribution is 2.66. The highest BCUT2D eigenvalue weighted by molar-refractivity contribution is 6.27. The predicted molar refractivity (Wildman–Crippen MR) is 302 cm³/mol. The first-order chi connectivity index (χ1) is 36.2. The molecule has 1 spiro atoms. The summed E-state index contributed by atoms with van der Waals surface area (Å²) in [6, 6.07) is 92.7. The Labute approximate surface area is 420 Å². The number of anilines is 6. The molecule has 12 aromatic carbocycles. The summed E-state index contributed by atoms with van der Waals surface area (Å²) in [5.74, 6) is 0. The lowest BCUT2D eigenvalue weighted by atomic mass is 9.70. The second-order valence-electron chi connectivity index (χ2n) is 19.5. The molecule has 0 amide bonds. The molecule has 2 aliphatic carbocycles. The highest BCUT2D eigenvalue weighted by Gasteiger charge is 2.53. The van der Waals surface area contributed by atoms with E-state index < -0.39 is 5.41 Å². The molecule has 14 aromatic rings. The van der Waals surface area contributed by atoms with Crippen molar-refractivity contribution in [3.63, 3.8) is 0 Å². The van der Waals surface area contributed by atoms with Crippen LogP contribution in [0.2, 0.25) is 0 Å². The fourth-order valence-electron chi connectivity index (χ4n) is 12.9. The molecule has 0 atom stereocenters. The summed E-state index contributed by atoms with van der Waals surface area (Å²) in [5, 5.41) is 8.68. The van der Waals surface area contributed by atoms with Crippen molar-refractivity contribution in [2.24, 2.45) is 0 Å². The summed E-state index contributed by atoms with van der Waals surface area (Å²) in [5.41, 5.74) is 19.0. The largest absolute Gasteiger partial charge is 0.455 e. The molecule has 0 saturated heterocycles. The number of benzene rings is 12. The zero-order chi connectivity index (χ0) is 47.8. The molecule has 4 nitrogen and oxygen atoms in total. The number of para-hydroxylation sites is 6.